The van der Waals surface area contributed by atoms with Crippen LogP contribution in [0.3, 0.4) is 0 Å². The van der Waals surface area contributed by atoms with Crippen molar-refractivity contribution in [3.05, 3.63) is 98.8 Å². The zero-order valence-corrected chi connectivity index (χ0v) is 24.0. The molecule has 8 nitrogen and oxygen atoms in total. The highest BCUT2D eigenvalue weighted by molar-refractivity contribution is 9.11. The molecule has 11 heteroatoms. The van der Waals surface area contributed by atoms with Gasteiger partial charge < -0.3 is 26.7 Å². The average molecular weight is 658 g/mol. The highest BCUT2D eigenvalue weighted by atomic mass is 79.9. The first kappa shape index (κ1) is 28.3. The van der Waals surface area contributed by atoms with Crippen molar-refractivity contribution >= 4 is 66.2 Å². The molecule has 6 N–H and O–H groups in total. The number of H-pyrrole nitrogens is 1. The number of fused-ring (bicyclic) bond motifs is 1. The molecule has 0 fully saturated rings. The number of nitrogens with zero attached hydrogens (tertiary/aromatic N) is 2. The van der Waals surface area contributed by atoms with Crippen molar-refractivity contribution in [1.82, 2.24) is 9.88 Å². The SMILES string of the molecule is NC(N)=NCCC(=O)N(CCc1c[nH]c2ccccc12)C(C(=O)Nc1ccc(F)cc1)c1ccc(Br)cc1Br. The number of halogens is 3. The highest BCUT2D eigenvalue weighted by Gasteiger charge is 2.33. The van der Waals surface area contributed by atoms with Crippen LogP contribution in [0.4, 0.5) is 10.1 Å². The number of hydrogen-bond donors (Lipinski definition) is 4. The molecule has 0 aliphatic heterocycles. The molecular weight excluding hydrogens is 631 g/mol. The lowest BCUT2D eigenvalue weighted by Crippen LogP contribution is -2.43. The second kappa shape index (κ2) is 12.9. The average Bonchev–Trinajstić information content (AvgIpc) is 3.31. The molecule has 0 radical (unpaired) electrons. The van der Waals surface area contributed by atoms with E-state index in [1.54, 1.807) is 12.1 Å². The van der Waals surface area contributed by atoms with Crippen molar-refractivity contribution in [1.29, 1.82) is 0 Å². The predicted octanol–water partition coefficient (Wildman–Crippen LogP) is 5.25. The van der Waals surface area contributed by atoms with Crippen LogP contribution in [0.5, 0.6) is 0 Å². The van der Waals surface area contributed by atoms with Crippen molar-refractivity contribution in [2.75, 3.05) is 18.4 Å². The number of para-hydroxylation sites is 1. The summed E-state index contributed by atoms with van der Waals surface area (Å²) in [5, 5.41) is 3.88. The van der Waals surface area contributed by atoms with E-state index in [0.717, 1.165) is 20.9 Å². The minimum atomic E-state index is -1.01. The Labute approximate surface area is 241 Å². The van der Waals surface area contributed by atoms with Gasteiger partial charge in [0.1, 0.15) is 11.9 Å². The number of benzene rings is 3. The number of hydrogen-bond acceptors (Lipinski definition) is 3. The lowest BCUT2D eigenvalue weighted by atomic mass is 10.0. The van der Waals surface area contributed by atoms with Gasteiger partial charge in [-0.15, -0.1) is 0 Å². The van der Waals surface area contributed by atoms with Crippen molar-refractivity contribution in [3.63, 3.8) is 0 Å². The smallest absolute Gasteiger partial charge is 0.251 e. The molecule has 4 rings (SSSR count). The molecule has 0 saturated carbocycles. The van der Waals surface area contributed by atoms with Crippen LogP contribution in [-0.4, -0.2) is 40.7 Å². The number of aromatic nitrogens is 1. The van der Waals surface area contributed by atoms with Crippen molar-refractivity contribution in [2.24, 2.45) is 16.5 Å². The first-order valence-corrected chi connectivity index (χ1v) is 13.7. The van der Waals surface area contributed by atoms with E-state index in [-0.39, 0.29) is 31.4 Å². The number of amides is 2. The molecule has 1 atom stereocenters. The molecule has 1 aromatic heterocycles. The maximum absolute atomic E-state index is 13.8. The van der Waals surface area contributed by atoms with Gasteiger partial charge in [0.15, 0.2) is 5.96 Å². The fraction of sp³-hybridized carbons (Fsp3) is 0.179. The summed E-state index contributed by atoms with van der Waals surface area (Å²) in [6.07, 6.45) is 2.41. The van der Waals surface area contributed by atoms with Crippen LogP contribution >= 0.6 is 31.9 Å². The fourth-order valence-corrected chi connectivity index (χ4v) is 5.58. The monoisotopic (exact) mass is 656 g/mol. The van der Waals surface area contributed by atoms with Crippen LogP contribution in [0, 0.1) is 5.82 Å². The van der Waals surface area contributed by atoms with E-state index in [9.17, 15) is 14.0 Å². The third-order valence-electron chi connectivity index (χ3n) is 6.17. The molecule has 0 saturated heterocycles. The van der Waals surface area contributed by atoms with Crippen LogP contribution in [0.1, 0.15) is 23.6 Å². The van der Waals surface area contributed by atoms with Gasteiger partial charge in [0.05, 0.1) is 6.54 Å². The van der Waals surface area contributed by atoms with Gasteiger partial charge in [0, 0.05) is 44.7 Å². The first-order chi connectivity index (χ1) is 18.7. The Kier molecular flexibility index (Phi) is 9.36. The lowest BCUT2D eigenvalue weighted by Gasteiger charge is -2.32. The number of anilines is 1. The van der Waals surface area contributed by atoms with E-state index in [0.29, 0.717) is 22.1 Å². The maximum atomic E-state index is 13.8. The van der Waals surface area contributed by atoms with Crippen molar-refractivity contribution < 1.29 is 14.0 Å². The standard InChI is InChI=1S/C28H27Br2FN6O2/c29-18-5-10-22(23(30)15-18)26(27(39)36-20-8-6-19(31)7-9-20)37(25(38)11-13-34-28(32)33)14-12-17-16-35-24-4-2-1-3-21(17)24/h1-10,15-16,26,35H,11-14H2,(H,36,39)(H4,32,33,34). The second-order valence-electron chi connectivity index (χ2n) is 8.82. The summed E-state index contributed by atoms with van der Waals surface area (Å²) in [5.74, 6) is -1.28. The predicted molar refractivity (Wildman–Crippen MR) is 159 cm³/mol. The summed E-state index contributed by atoms with van der Waals surface area (Å²) >= 11 is 7.01. The Morgan fingerprint density at radius 1 is 1.05 bits per heavy atom. The number of aliphatic imine (C=N–C) groups is 1. The van der Waals surface area contributed by atoms with E-state index in [2.05, 4.69) is 47.2 Å². The number of guanidine groups is 1. The summed E-state index contributed by atoms with van der Waals surface area (Å²) in [4.78, 5) is 36.2. The van der Waals surface area contributed by atoms with E-state index >= 15 is 0 Å². The molecule has 2 amide bonds. The van der Waals surface area contributed by atoms with Gasteiger partial charge in [0.25, 0.3) is 5.91 Å². The van der Waals surface area contributed by atoms with E-state index in [1.165, 1.54) is 29.2 Å². The number of carbonyl (C=O) groups excluding carboxylic acids is 2. The Morgan fingerprint density at radius 2 is 1.79 bits per heavy atom. The molecule has 4 aromatic rings. The largest absolute Gasteiger partial charge is 0.370 e. The summed E-state index contributed by atoms with van der Waals surface area (Å²) < 4.78 is 14.9. The van der Waals surface area contributed by atoms with E-state index in [4.69, 9.17) is 11.5 Å². The summed E-state index contributed by atoms with van der Waals surface area (Å²) in [6, 6.07) is 17.7. The number of nitrogens with one attached hydrogen (secondary N) is 2. The topological polar surface area (TPSA) is 130 Å². The maximum Gasteiger partial charge on any atom is 0.251 e. The fourth-order valence-electron chi connectivity index (χ4n) is 4.32. The van der Waals surface area contributed by atoms with Crippen LogP contribution < -0.4 is 16.8 Å². The summed E-state index contributed by atoms with van der Waals surface area (Å²) in [5.41, 5.74) is 13.9. The van der Waals surface area contributed by atoms with Crippen molar-refractivity contribution in [2.45, 2.75) is 18.9 Å². The van der Waals surface area contributed by atoms with Gasteiger partial charge in [-0.1, -0.05) is 56.1 Å². The van der Waals surface area contributed by atoms with E-state index in [1.807, 2.05) is 36.5 Å². The lowest BCUT2D eigenvalue weighted by molar-refractivity contribution is -0.138. The third-order valence-corrected chi connectivity index (χ3v) is 7.35. The first-order valence-electron chi connectivity index (χ1n) is 12.1. The molecule has 1 unspecified atom stereocenters. The van der Waals surface area contributed by atoms with Gasteiger partial charge in [-0.2, -0.15) is 0 Å². The number of nitrogens with two attached hydrogens (primary N) is 2. The number of rotatable bonds is 10. The van der Waals surface area contributed by atoms with Gasteiger partial charge in [-0.3, -0.25) is 14.6 Å². The number of carbonyl (C=O) groups is 2. The van der Waals surface area contributed by atoms with Gasteiger partial charge in [-0.05, 0) is 60.0 Å². The molecule has 0 spiro atoms. The van der Waals surface area contributed by atoms with Gasteiger partial charge in [0.2, 0.25) is 5.91 Å². The van der Waals surface area contributed by atoms with Gasteiger partial charge >= 0.3 is 0 Å². The highest BCUT2D eigenvalue weighted by Crippen LogP contribution is 2.33. The Morgan fingerprint density at radius 3 is 2.51 bits per heavy atom. The zero-order chi connectivity index (χ0) is 27.9. The molecule has 0 bridgehead atoms. The minimum Gasteiger partial charge on any atom is -0.370 e. The Bertz CT molecular complexity index is 1500. The molecule has 3 aromatic carbocycles. The van der Waals surface area contributed by atoms with Gasteiger partial charge in [-0.25, -0.2) is 4.39 Å². The molecule has 0 aliphatic rings. The zero-order valence-electron chi connectivity index (χ0n) is 20.8. The second-order valence-corrected chi connectivity index (χ2v) is 10.6. The third kappa shape index (κ3) is 7.24. The van der Waals surface area contributed by atoms with Crippen LogP contribution in [0.25, 0.3) is 10.9 Å². The quantitative estimate of drug-likeness (QED) is 0.137. The molecule has 39 heavy (non-hydrogen) atoms. The van der Waals surface area contributed by atoms with Crippen molar-refractivity contribution in [3.8, 4) is 0 Å². The van der Waals surface area contributed by atoms with Crippen LogP contribution in [0.15, 0.2) is 86.9 Å². The Hall–Kier alpha value is -3.70. The van der Waals surface area contributed by atoms with E-state index < -0.39 is 17.8 Å². The van der Waals surface area contributed by atoms with Crippen LogP contribution in [0.2, 0.25) is 0 Å². The minimum absolute atomic E-state index is 0.000258. The molecule has 202 valence electrons. The summed E-state index contributed by atoms with van der Waals surface area (Å²) in [6.45, 7) is 0.324. The van der Waals surface area contributed by atoms with Crippen LogP contribution in [-0.2, 0) is 16.0 Å². The Balaban J connectivity index is 1.71. The molecular formula is C28H27Br2FN6O2. The summed E-state index contributed by atoms with van der Waals surface area (Å²) in [7, 11) is 0. The normalized spacial score (nSPS) is 11.7. The molecule has 0 aliphatic carbocycles. The number of aromatic amines is 1. The molecule has 1 heterocycles.